The highest BCUT2D eigenvalue weighted by Crippen LogP contribution is 2.26. The topological polar surface area (TPSA) is 32.9 Å². The van der Waals surface area contributed by atoms with E-state index in [1.54, 1.807) is 22.6 Å². The van der Waals surface area contributed by atoms with Crippen LogP contribution in [0.5, 0.6) is 0 Å². The highest BCUT2D eigenvalue weighted by molar-refractivity contribution is 14.1. The number of alkyl halides is 3. The number of halogens is 4. The number of H-pyrrole nitrogens is 1. The molecule has 2 nitrogen and oxygen atoms in total. The van der Waals surface area contributed by atoms with Gasteiger partial charge in [0, 0.05) is 17.6 Å². The first-order chi connectivity index (χ1) is 6.07. The number of rotatable bonds is 2. The molecule has 0 spiro atoms. The van der Waals surface area contributed by atoms with Crippen molar-refractivity contribution >= 4 is 34.2 Å². The molecular formula is C7H5ClF2INO. The van der Waals surface area contributed by atoms with Gasteiger partial charge in [0.05, 0.1) is 3.57 Å². The normalized spacial score (nSPS) is 10.8. The number of hydrogen-bond acceptors (Lipinski definition) is 1. The maximum absolute atomic E-state index is 12.4. The summed E-state index contributed by atoms with van der Waals surface area (Å²) in [7, 11) is 0. The number of nitrogens with one attached hydrogen (secondary N) is 1. The fourth-order valence-electron chi connectivity index (χ4n) is 0.904. The van der Waals surface area contributed by atoms with Gasteiger partial charge in [-0.15, -0.1) is 11.6 Å². The Morgan fingerprint density at radius 1 is 1.62 bits per heavy atom. The summed E-state index contributed by atoms with van der Waals surface area (Å²) < 4.78 is 24.9. The zero-order chi connectivity index (χ0) is 10.0. The van der Waals surface area contributed by atoms with E-state index < -0.39 is 12.0 Å². The maximum atomic E-state index is 12.4. The Kier molecular flexibility index (Phi) is 3.66. The van der Waals surface area contributed by atoms with Crippen molar-refractivity contribution in [2.45, 2.75) is 12.3 Å². The molecule has 13 heavy (non-hydrogen) atoms. The van der Waals surface area contributed by atoms with Crippen LogP contribution < -0.4 is 5.56 Å². The van der Waals surface area contributed by atoms with Gasteiger partial charge in [0.2, 0.25) is 0 Å². The molecule has 0 amide bonds. The quantitative estimate of drug-likeness (QED) is 0.660. The third-order valence-electron chi connectivity index (χ3n) is 1.52. The Morgan fingerprint density at radius 3 is 2.69 bits per heavy atom. The van der Waals surface area contributed by atoms with E-state index in [-0.39, 0.29) is 20.6 Å². The van der Waals surface area contributed by atoms with E-state index in [1.165, 1.54) is 6.20 Å². The van der Waals surface area contributed by atoms with E-state index in [1.807, 2.05) is 0 Å². The Bertz CT molecular complexity index is 366. The molecule has 0 aliphatic heterocycles. The molecular weight excluding hydrogens is 314 g/mol. The molecule has 72 valence electrons. The molecule has 0 fully saturated rings. The SMILES string of the molecule is O=c1[nH]cc(CCl)c(C(F)F)c1I. The van der Waals surface area contributed by atoms with Crippen LogP contribution in [0.15, 0.2) is 11.0 Å². The van der Waals surface area contributed by atoms with Crippen LogP contribution in [0.2, 0.25) is 0 Å². The second-order valence-corrected chi connectivity index (χ2v) is 3.65. The average Bonchev–Trinajstić information content (AvgIpc) is 2.08. The number of hydrogen-bond donors (Lipinski definition) is 1. The van der Waals surface area contributed by atoms with Crippen LogP contribution in [0, 0.1) is 3.57 Å². The molecule has 0 radical (unpaired) electrons. The first-order valence-electron chi connectivity index (χ1n) is 3.32. The lowest BCUT2D eigenvalue weighted by molar-refractivity contribution is 0.149. The standard InChI is InChI=1S/C7H5ClF2INO/c8-1-3-2-12-7(13)5(11)4(3)6(9)10/h2,6H,1H2,(H,12,13). The summed E-state index contributed by atoms with van der Waals surface area (Å²) in [5.41, 5.74) is -0.509. The number of pyridine rings is 1. The third-order valence-corrected chi connectivity index (χ3v) is 2.88. The van der Waals surface area contributed by atoms with Gasteiger partial charge in [0.15, 0.2) is 0 Å². The van der Waals surface area contributed by atoms with Crippen molar-refractivity contribution in [2.75, 3.05) is 0 Å². The van der Waals surface area contributed by atoms with Crippen LogP contribution in [0.25, 0.3) is 0 Å². The Balaban J connectivity index is 3.41. The molecule has 1 aromatic rings. The fourth-order valence-corrected chi connectivity index (χ4v) is 1.86. The minimum Gasteiger partial charge on any atom is -0.328 e. The number of aromatic nitrogens is 1. The largest absolute Gasteiger partial charge is 0.328 e. The minimum atomic E-state index is -2.66. The van der Waals surface area contributed by atoms with Gasteiger partial charge in [0.25, 0.3) is 12.0 Å². The van der Waals surface area contributed by atoms with Crippen molar-refractivity contribution in [3.05, 3.63) is 31.2 Å². The summed E-state index contributed by atoms with van der Waals surface area (Å²) >= 11 is 7.03. The van der Waals surface area contributed by atoms with Gasteiger partial charge in [0.1, 0.15) is 0 Å². The Morgan fingerprint density at radius 2 is 2.23 bits per heavy atom. The van der Waals surface area contributed by atoms with E-state index >= 15 is 0 Å². The highest BCUT2D eigenvalue weighted by Gasteiger charge is 2.18. The van der Waals surface area contributed by atoms with Gasteiger partial charge >= 0.3 is 0 Å². The molecule has 0 bridgehead atoms. The summed E-state index contributed by atoms with van der Waals surface area (Å²) in [6.45, 7) is 0. The van der Waals surface area contributed by atoms with Gasteiger partial charge in [-0.05, 0) is 28.2 Å². The van der Waals surface area contributed by atoms with Crippen LogP contribution in [-0.4, -0.2) is 4.98 Å². The van der Waals surface area contributed by atoms with Crippen molar-refractivity contribution in [2.24, 2.45) is 0 Å². The molecule has 1 heterocycles. The minimum absolute atomic E-state index is 0.00532. The van der Waals surface area contributed by atoms with Crippen molar-refractivity contribution in [1.82, 2.24) is 4.98 Å². The molecule has 0 aliphatic carbocycles. The van der Waals surface area contributed by atoms with Crippen LogP contribution in [0.1, 0.15) is 17.6 Å². The lowest BCUT2D eigenvalue weighted by Gasteiger charge is -2.06. The summed E-state index contributed by atoms with van der Waals surface area (Å²) in [5.74, 6) is -0.0353. The smallest absolute Gasteiger partial charge is 0.265 e. The Hall–Kier alpha value is -0.170. The van der Waals surface area contributed by atoms with E-state index in [0.717, 1.165) is 0 Å². The van der Waals surface area contributed by atoms with Gasteiger partial charge in [-0.1, -0.05) is 0 Å². The van der Waals surface area contributed by atoms with Crippen molar-refractivity contribution in [3.63, 3.8) is 0 Å². The van der Waals surface area contributed by atoms with E-state index in [0.29, 0.717) is 0 Å². The molecule has 0 aliphatic rings. The summed E-state index contributed by atoms with van der Waals surface area (Å²) in [6, 6.07) is 0. The van der Waals surface area contributed by atoms with Gasteiger partial charge in [-0.25, -0.2) is 8.78 Å². The molecule has 0 atom stereocenters. The monoisotopic (exact) mass is 319 g/mol. The average molecular weight is 319 g/mol. The second-order valence-electron chi connectivity index (χ2n) is 2.31. The first-order valence-corrected chi connectivity index (χ1v) is 4.93. The zero-order valence-corrected chi connectivity index (χ0v) is 9.20. The van der Waals surface area contributed by atoms with Crippen molar-refractivity contribution in [1.29, 1.82) is 0 Å². The number of aromatic amines is 1. The molecule has 1 aromatic heterocycles. The molecule has 6 heteroatoms. The highest BCUT2D eigenvalue weighted by atomic mass is 127. The second kappa shape index (κ2) is 4.36. The van der Waals surface area contributed by atoms with Crippen LogP contribution >= 0.6 is 34.2 Å². The molecule has 0 saturated carbocycles. The van der Waals surface area contributed by atoms with Crippen LogP contribution in [0.3, 0.4) is 0 Å². The molecule has 0 saturated heterocycles. The Labute approximate surface area is 91.4 Å². The van der Waals surface area contributed by atoms with Crippen molar-refractivity contribution < 1.29 is 8.78 Å². The van der Waals surface area contributed by atoms with Gasteiger partial charge in [-0.3, -0.25) is 4.79 Å². The zero-order valence-electron chi connectivity index (χ0n) is 6.28. The van der Waals surface area contributed by atoms with E-state index in [4.69, 9.17) is 11.6 Å². The summed E-state index contributed by atoms with van der Waals surface area (Å²) in [5, 5.41) is 0. The van der Waals surface area contributed by atoms with Crippen LogP contribution in [-0.2, 0) is 5.88 Å². The van der Waals surface area contributed by atoms with E-state index in [2.05, 4.69) is 4.98 Å². The molecule has 1 rings (SSSR count). The molecule has 0 unspecified atom stereocenters. The van der Waals surface area contributed by atoms with Gasteiger partial charge < -0.3 is 4.98 Å². The lowest BCUT2D eigenvalue weighted by atomic mass is 10.2. The lowest BCUT2D eigenvalue weighted by Crippen LogP contribution is -2.14. The van der Waals surface area contributed by atoms with Crippen LogP contribution in [0.4, 0.5) is 8.78 Å². The summed E-state index contributed by atoms with van der Waals surface area (Å²) in [6.07, 6.45) is -1.44. The third kappa shape index (κ3) is 2.19. The fraction of sp³-hybridized carbons (Fsp3) is 0.286. The molecule has 1 N–H and O–H groups in total. The van der Waals surface area contributed by atoms with Gasteiger partial charge in [-0.2, -0.15) is 0 Å². The summed E-state index contributed by atoms with van der Waals surface area (Å²) in [4.78, 5) is 13.3. The predicted molar refractivity (Wildman–Crippen MR) is 54.3 cm³/mol. The van der Waals surface area contributed by atoms with E-state index in [9.17, 15) is 13.6 Å². The van der Waals surface area contributed by atoms with Crippen molar-refractivity contribution in [3.8, 4) is 0 Å². The first kappa shape index (κ1) is 10.9. The predicted octanol–water partition coefficient (Wildman–Crippen LogP) is 2.66. The maximum Gasteiger partial charge on any atom is 0.265 e. The molecule has 0 aromatic carbocycles.